The summed E-state index contributed by atoms with van der Waals surface area (Å²) in [4.78, 5) is 10.8. The molecule has 1 heterocycles. The van der Waals surface area contributed by atoms with Gasteiger partial charge in [0.05, 0.1) is 0 Å². The van der Waals surface area contributed by atoms with Gasteiger partial charge in [0.25, 0.3) is 0 Å². The van der Waals surface area contributed by atoms with E-state index in [1.54, 1.807) is 0 Å². The highest BCUT2D eigenvalue weighted by atomic mass is 79.9. The summed E-state index contributed by atoms with van der Waals surface area (Å²) in [5.74, 6) is -0.313. The number of halogens is 2. The second-order valence-electron chi connectivity index (χ2n) is 4.23. The molecule has 0 amide bonds. The van der Waals surface area contributed by atoms with E-state index in [9.17, 15) is 4.79 Å². The Morgan fingerprint density at radius 1 is 1.53 bits per heavy atom. The molecule has 1 aromatic carbocycles. The number of rotatable bonds is 3. The smallest absolute Gasteiger partial charge is 0.320 e. The van der Waals surface area contributed by atoms with Crippen molar-refractivity contribution in [1.29, 1.82) is 0 Å². The molecule has 3 nitrogen and oxygen atoms in total. The van der Waals surface area contributed by atoms with Crippen LogP contribution in [0.4, 0.5) is 0 Å². The molecule has 1 saturated heterocycles. The largest absolute Gasteiger partial charge is 0.480 e. The number of aliphatic carboxylic acids is 1. The van der Waals surface area contributed by atoms with Gasteiger partial charge in [-0.1, -0.05) is 28.1 Å². The number of benzene rings is 1. The van der Waals surface area contributed by atoms with Crippen molar-refractivity contribution in [3.63, 3.8) is 0 Å². The van der Waals surface area contributed by atoms with Crippen LogP contribution in [0.1, 0.15) is 12.0 Å². The van der Waals surface area contributed by atoms with E-state index in [0.29, 0.717) is 5.92 Å². The Kier molecular flexibility index (Phi) is 5.43. The van der Waals surface area contributed by atoms with Crippen LogP contribution in [0.5, 0.6) is 0 Å². The van der Waals surface area contributed by atoms with Crippen molar-refractivity contribution in [1.82, 2.24) is 5.32 Å². The number of hydrogen-bond donors (Lipinski definition) is 2. The highest BCUT2D eigenvalue weighted by molar-refractivity contribution is 9.10. The lowest BCUT2D eigenvalue weighted by atomic mass is 9.97. The fraction of sp³-hybridized carbons (Fsp3) is 0.417. The normalized spacial score (nSPS) is 23.1. The van der Waals surface area contributed by atoms with Gasteiger partial charge < -0.3 is 10.4 Å². The molecule has 2 rings (SSSR count). The van der Waals surface area contributed by atoms with Gasteiger partial charge in [-0.25, -0.2) is 0 Å². The van der Waals surface area contributed by atoms with Crippen LogP contribution in [-0.4, -0.2) is 23.7 Å². The molecule has 1 aromatic rings. The Morgan fingerprint density at radius 3 is 2.88 bits per heavy atom. The zero-order valence-electron chi connectivity index (χ0n) is 9.23. The summed E-state index contributed by atoms with van der Waals surface area (Å²) in [5.41, 5.74) is 1.26. The van der Waals surface area contributed by atoms with Crippen molar-refractivity contribution in [2.75, 3.05) is 6.54 Å². The minimum atomic E-state index is -0.739. The topological polar surface area (TPSA) is 49.3 Å². The molecule has 2 atom stereocenters. The highest BCUT2D eigenvalue weighted by Crippen LogP contribution is 2.21. The van der Waals surface area contributed by atoms with Gasteiger partial charge in [-0.15, -0.1) is 12.4 Å². The Balaban J connectivity index is 0.00000144. The van der Waals surface area contributed by atoms with E-state index >= 15 is 0 Å². The summed E-state index contributed by atoms with van der Waals surface area (Å²) in [7, 11) is 0. The van der Waals surface area contributed by atoms with Gasteiger partial charge in [-0.05, 0) is 43.0 Å². The highest BCUT2D eigenvalue weighted by Gasteiger charge is 2.28. The number of carboxylic acids is 1. The molecule has 0 spiro atoms. The van der Waals surface area contributed by atoms with E-state index < -0.39 is 5.97 Å². The maximum Gasteiger partial charge on any atom is 0.320 e. The predicted molar refractivity (Wildman–Crippen MR) is 72.6 cm³/mol. The van der Waals surface area contributed by atoms with Crippen molar-refractivity contribution in [3.05, 3.63) is 34.3 Å². The Bertz CT molecular complexity index is 400. The SMILES string of the molecule is Cl.O=C(O)C1CC(Cc2cccc(Br)c2)CN1. The van der Waals surface area contributed by atoms with Crippen LogP contribution in [0.25, 0.3) is 0 Å². The first-order valence-electron chi connectivity index (χ1n) is 5.36. The van der Waals surface area contributed by atoms with Crippen LogP contribution in [0.2, 0.25) is 0 Å². The first-order valence-corrected chi connectivity index (χ1v) is 6.15. The first-order chi connectivity index (χ1) is 7.65. The van der Waals surface area contributed by atoms with Gasteiger partial charge in [0, 0.05) is 4.47 Å². The summed E-state index contributed by atoms with van der Waals surface area (Å²) < 4.78 is 1.07. The van der Waals surface area contributed by atoms with E-state index in [0.717, 1.165) is 23.9 Å². The van der Waals surface area contributed by atoms with Gasteiger partial charge in [-0.3, -0.25) is 4.79 Å². The predicted octanol–water partition coefficient (Wildman–Crippen LogP) is 2.48. The minimum absolute atomic E-state index is 0. The van der Waals surface area contributed by atoms with E-state index in [1.807, 2.05) is 12.1 Å². The Morgan fingerprint density at radius 2 is 2.29 bits per heavy atom. The van der Waals surface area contributed by atoms with Crippen molar-refractivity contribution in [2.24, 2.45) is 5.92 Å². The second-order valence-corrected chi connectivity index (χ2v) is 5.15. The average molecular weight is 321 g/mol. The third-order valence-corrected chi connectivity index (χ3v) is 3.43. The lowest BCUT2D eigenvalue weighted by Crippen LogP contribution is -2.29. The lowest BCUT2D eigenvalue weighted by molar-refractivity contribution is -0.139. The van der Waals surface area contributed by atoms with Crippen molar-refractivity contribution in [3.8, 4) is 0 Å². The summed E-state index contributed by atoms with van der Waals surface area (Å²) in [5, 5.41) is 11.9. The summed E-state index contributed by atoms with van der Waals surface area (Å²) in [6, 6.07) is 7.82. The molecule has 94 valence electrons. The van der Waals surface area contributed by atoms with Gasteiger partial charge in [0.15, 0.2) is 0 Å². The van der Waals surface area contributed by atoms with Crippen LogP contribution in [0.3, 0.4) is 0 Å². The number of carbonyl (C=O) groups is 1. The zero-order chi connectivity index (χ0) is 11.5. The van der Waals surface area contributed by atoms with E-state index in [4.69, 9.17) is 5.11 Å². The zero-order valence-corrected chi connectivity index (χ0v) is 11.6. The van der Waals surface area contributed by atoms with Crippen molar-refractivity contribution < 1.29 is 9.90 Å². The van der Waals surface area contributed by atoms with Gasteiger partial charge >= 0.3 is 5.97 Å². The third kappa shape index (κ3) is 3.98. The van der Waals surface area contributed by atoms with E-state index in [-0.39, 0.29) is 18.4 Å². The summed E-state index contributed by atoms with van der Waals surface area (Å²) in [6.45, 7) is 0.795. The van der Waals surface area contributed by atoms with E-state index in [1.165, 1.54) is 5.56 Å². The Labute approximate surface area is 115 Å². The number of hydrogen-bond acceptors (Lipinski definition) is 2. The monoisotopic (exact) mass is 319 g/mol. The maximum atomic E-state index is 10.8. The van der Waals surface area contributed by atoms with Gasteiger partial charge in [0.2, 0.25) is 0 Å². The first kappa shape index (κ1) is 14.5. The average Bonchev–Trinajstić information content (AvgIpc) is 2.66. The Hall–Kier alpha value is -0.580. The lowest BCUT2D eigenvalue weighted by Gasteiger charge is -2.08. The summed E-state index contributed by atoms with van der Waals surface area (Å²) >= 11 is 3.44. The minimum Gasteiger partial charge on any atom is -0.480 e. The molecule has 2 unspecified atom stereocenters. The molecule has 0 saturated carbocycles. The molecule has 0 aliphatic carbocycles. The van der Waals surface area contributed by atoms with Crippen LogP contribution in [-0.2, 0) is 11.2 Å². The molecule has 1 aliphatic rings. The van der Waals surface area contributed by atoms with Gasteiger partial charge in [-0.2, -0.15) is 0 Å². The summed E-state index contributed by atoms with van der Waals surface area (Å²) in [6.07, 6.45) is 1.66. The quantitative estimate of drug-likeness (QED) is 0.899. The fourth-order valence-electron chi connectivity index (χ4n) is 2.15. The van der Waals surface area contributed by atoms with Crippen LogP contribution >= 0.6 is 28.3 Å². The van der Waals surface area contributed by atoms with Crippen molar-refractivity contribution >= 4 is 34.3 Å². The molecular weight excluding hydrogens is 305 g/mol. The van der Waals surface area contributed by atoms with Crippen LogP contribution in [0.15, 0.2) is 28.7 Å². The molecule has 0 bridgehead atoms. The molecule has 1 fully saturated rings. The fourth-order valence-corrected chi connectivity index (χ4v) is 2.60. The van der Waals surface area contributed by atoms with Crippen LogP contribution in [0, 0.1) is 5.92 Å². The molecule has 2 N–H and O–H groups in total. The molecular formula is C12H15BrClNO2. The number of nitrogens with one attached hydrogen (secondary N) is 1. The second kappa shape index (κ2) is 6.38. The van der Waals surface area contributed by atoms with Crippen LogP contribution < -0.4 is 5.32 Å². The maximum absolute atomic E-state index is 10.8. The molecule has 0 radical (unpaired) electrons. The molecule has 1 aliphatic heterocycles. The van der Waals surface area contributed by atoms with E-state index in [2.05, 4.69) is 33.4 Å². The molecule has 17 heavy (non-hydrogen) atoms. The number of carboxylic acid groups (broad SMARTS) is 1. The molecule has 5 heteroatoms. The van der Waals surface area contributed by atoms with Crippen molar-refractivity contribution in [2.45, 2.75) is 18.9 Å². The standard InChI is InChI=1S/C12H14BrNO2.ClH/c13-10-3-1-2-8(5-10)4-9-6-11(12(15)16)14-7-9;/h1-3,5,9,11,14H,4,6-7H2,(H,15,16);1H. The van der Waals surface area contributed by atoms with Gasteiger partial charge in [0.1, 0.15) is 6.04 Å². The molecule has 0 aromatic heterocycles. The third-order valence-electron chi connectivity index (χ3n) is 2.93.